The molecule has 1 aromatic rings. The van der Waals surface area contributed by atoms with Crippen LogP contribution in [0.5, 0.6) is 0 Å². The van der Waals surface area contributed by atoms with Crippen molar-refractivity contribution in [3.05, 3.63) is 29.6 Å². The number of amides is 1. The largest absolute Gasteiger partial charge is 0.409 e. The Balaban J connectivity index is 2.78. The first-order chi connectivity index (χ1) is 8.36. The SMILES string of the molecule is CC(C)(NCc1ccnc(C(N)=NO)c1)C(N)=O. The van der Waals surface area contributed by atoms with Gasteiger partial charge in [-0.2, -0.15) is 0 Å². The summed E-state index contributed by atoms with van der Waals surface area (Å²) in [7, 11) is 0. The van der Waals surface area contributed by atoms with E-state index in [-0.39, 0.29) is 5.84 Å². The molecular weight excluding hydrogens is 234 g/mol. The Morgan fingerprint density at radius 2 is 2.22 bits per heavy atom. The van der Waals surface area contributed by atoms with Crippen molar-refractivity contribution in [2.75, 3.05) is 0 Å². The minimum absolute atomic E-state index is 0.0639. The summed E-state index contributed by atoms with van der Waals surface area (Å²) >= 11 is 0. The molecule has 0 saturated carbocycles. The standard InChI is InChI=1S/C11H17N5O2/c1-11(2,10(13)17)15-6-7-3-4-14-8(5-7)9(12)16-18/h3-5,15,18H,6H2,1-2H3,(H2,12,16)(H2,13,17). The topological polar surface area (TPSA) is 127 Å². The van der Waals surface area contributed by atoms with Crippen molar-refractivity contribution >= 4 is 11.7 Å². The second-order valence-corrected chi connectivity index (χ2v) is 4.38. The average molecular weight is 251 g/mol. The quantitative estimate of drug-likeness (QED) is 0.243. The molecule has 0 atom stereocenters. The van der Waals surface area contributed by atoms with Crippen LogP contribution in [-0.4, -0.2) is 27.5 Å². The molecule has 7 nitrogen and oxygen atoms in total. The molecule has 0 radical (unpaired) electrons. The van der Waals surface area contributed by atoms with E-state index >= 15 is 0 Å². The smallest absolute Gasteiger partial charge is 0.237 e. The van der Waals surface area contributed by atoms with Crippen molar-refractivity contribution in [1.29, 1.82) is 0 Å². The first-order valence-corrected chi connectivity index (χ1v) is 5.34. The highest BCUT2D eigenvalue weighted by Gasteiger charge is 2.23. The van der Waals surface area contributed by atoms with Crippen LogP contribution in [0.15, 0.2) is 23.5 Å². The molecule has 0 fully saturated rings. The van der Waals surface area contributed by atoms with Gasteiger partial charge in [-0.25, -0.2) is 0 Å². The third-order valence-electron chi connectivity index (χ3n) is 2.54. The first kappa shape index (κ1) is 13.9. The van der Waals surface area contributed by atoms with E-state index < -0.39 is 11.4 Å². The summed E-state index contributed by atoms with van der Waals surface area (Å²) in [6.45, 7) is 3.81. The van der Waals surface area contributed by atoms with Gasteiger partial charge in [0, 0.05) is 12.7 Å². The average Bonchev–Trinajstić information content (AvgIpc) is 2.35. The van der Waals surface area contributed by atoms with Crippen LogP contribution in [0.3, 0.4) is 0 Å². The third kappa shape index (κ3) is 3.42. The fourth-order valence-electron chi connectivity index (χ4n) is 1.19. The molecular formula is C11H17N5O2. The number of carbonyl (C=O) groups is 1. The molecule has 0 aliphatic carbocycles. The van der Waals surface area contributed by atoms with Crippen LogP contribution in [0.4, 0.5) is 0 Å². The number of hydrogen-bond acceptors (Lipinski definition) is 5. The van der Waals surface area contributed by atoms with Crippen LogP contribution in [0.1, 0.15) is 25.1 Å². The number of primary amides is 1. The number of rotatable bonds is 5. The van der Waals surface area contributed by atoms with E-state index in [9.17, 15) is 4.79 Å². The van der Waals surface area contributed by atoms with Crippen LogP contribution in [0.2, 0.25) is 0 Å². The predicted molar refractivity (Wildman–Crippen MR) is 66.9 cm³/mol. The molecule has 0 saturated heterocycles. The molecule has 98 valence electrons. The van der Waals surface area contributed by atoms with Crippen LogP contribution < -0.4 is 16.8 Å². The molecule has 1 aromatic heterocycles. The van der Waals surface area contributed by atoms with E-state index in [1.807, 2.05) is 0 Å². The first-order valence-electron chi connectivity index (χ1n) is 5.34. The molecule has 7 heteroatoms. The van der Waals surface area contributed by atoms with Gasteiger partial charge in [-0.3, -0.25) is 15.1 Å². The molecule has 0 bridgehead atoms. The highest BCUT2D eigenvalue weighted by Crippen LogP contribution is 2.06. The van der Waals surface area contributed by atoms with Crippen LogP contribution in [-0.2, 0) is 11.3 Å². The zero-order chi connectivity index (χ0) is 13.8. The Morgan fingerprint density at radius 3 is 2.78 bits per heavy atom. The van der Waals surface area contributed by atoms with Crippen molar-refractivity contribution in [2.45, 2.75) is 25.9 Å². The van der Waals surface area contributed by atoms with Gasteiger partial charge in [-0.05, 0) is 31.5 Å². The Kier molecular flexibility index (Phi) is 4.22. The van der Waals surface area contributed by atoms with E-state index in [1.54, 1.807) is 32.2 Å². The molecule has 0 aromatic carbocycles. The number of nitrogens with zero attached hydrogens (tertiary/aromatic N) is 2. The van der Waals surface area contributed by atoms with Gasteiger partial charge in [0.15, 0.2) is 5.84 Å². The molecule has 0 unspecified atom stereocenters. The van der Waals surface area contributed by atoms with Gasteiger partial charge in [0.25, 0.3) is 0 Å². The van der Waals surface area contributed by atoms with Crippen molar-refractivity contribution in [2.24, 2.45) is 16.6 Å². The summed E-state index contributed by atoms with van der Waals surface area (Å²) in [5.74, 6) is -0.501. The number of amidine groups is 1. The second-order valence-electron chi connectivity index (χ2n) is 4.38. The summed E-state index contributed by atoms with van der Waals surface area (Å²) in [6.07, 6.45) is 1.54. The van der Waals surface area contributed by atoms with Crippen molar-refractivity contribution in [1.82, 2.24) is 10.3 Å². The van der Waals surface area contributed by atoms with Crippen molar-refractivity contribution in [3.63, 3.8) is 0 Å². The third-order valence-corrected chi connectivity index (χ3v) is 2.54. The highest BCUT2D eigenvalue weighted by molar-refractivity contribution is 5.95. The molecule has 1 rings (SSSR count). The maximum Gasteiger partial charge on any atom is 0.237 e. The summed E-state index contributed by atoms with van der Waals surface area (Å²) in [5.41, 5.74) is 11.1. The maximum absolute atomic E-state index is 11.1. The van der Waals surface area contributed by atoms with Gasteiger partial charge < -0.3 is 16.7 Å². The zero-order valence-electron chi connectivity index (χ0n) is 10.3. The van der Waals surface area contributed by atoms with Crippen molar-refractivity contribution < 1.29 is 10.0 Å². The van der Waals surface area contributed by atoms with Gasteiger partial charge in [-0.1, -0.05) is 5.16 Å². The number of nitrogens with one attached hydrogen (secondary N) is 1. The van der Waals surface area contributed by atoms with E-state index in [4.69, 9.17) is 16.7 Å². The lowest BCUT2D eigenvalue weighted by Crippen LogP contribution is -2.50. The lowest BCUT2D eigenvalue weighted by atomic mass is 10.0. The molecule has 1 heterocycles. The molecule has 0 aliphatic rings. The predicted octanol–water partition coefficient (Wildman–Crippen LogP) is -0.470. The Labute approximate surface area is 105 Å². The van der Waals surface area contributed by atoms with Crippen LogP contribution >= 0.6 is 0 Å². The zero-order valence-corrected chi connectivity index (χ0v) is 10.3. The van der Waals surface area contributed by atoms with Gasteiger partial charge in [-0.15, -0.1) is 0 Å². The number of aromatic nitrogens is 1. The molecule has 1 amide bonds. The van der Waals surface area contributed by atoms with E-state index in [0.29, 0.717) is 12.2 Å². The van der Waals surface area contributed by atoms with E-state index in [2.05, 4.69) is 15.5 Å². The van der Waals surface area contributed by atoms with E-state index in [1.165, 1.54) is 0 Å². The van der Waals surface area contributed by atoms with Gasteiger partial charge >= 0.3 is 0 Å². The lowest BCUT2D eigenvalue weighted by molar-refractivity contribution is -0.123. The Bertz CT molecular complexity index is 470. The molecule has 18 heavy (non-hydrogen) atoms. The van der Waals surface area contributed by atoms with Gasteiger partial charge in [0.05, 0.1) is 5.54 Å². The van der Waals surface area contributed by atoms with Crippen LogP contribution in [0, 0.1) is 0 Å². The lowest BCUT2D eigenvalue weighted by Gasteiger charge is -2.22. The number of carbonyl (C=O) groups excluding carboxylic acids is 1. The van der Waals surface area contributed by atoms with Crippen LogP contribution in [0.25, 0.3) is 0 Å². The second kappa shape index (κ2) is 5.46. The Morgan fingerprint density at radius 1 is 1.56 bits per heavy atom. The number of pyridine rings is 1. The summed E-state index contributed by atoms with van der Waals surface area (Å²) in [5, 5.41) is 14.4. The van der Waals surface area contributed by atoms with E-state index in [0.717, 1.165) is 5.56 Å². The fourth-order valence-corrected chi connectivity index (χ4v) is 1.19. The number of hydrogen-bond donors (Lipinski definition) is 4. The summed E-state index contributed by atoms with van der Waals surface area (Å²) < 4.78 is 0. The fraction of sp³-hybridized carbons (Fsp3) is 0.364. The van der Waals surface area contributed by atoms with Gasteiger partial charge in [0.1, 0.15) is 5.69 Å². The molecule has 6 N–H and O–H groups in total. The Hall–Kier alpha value is -2.15. The molecule has 0 aliphatic heterocycles. The minimum Gasteiger partial charge on any atom is -0.409 e. The number of nitrogens with two attached hydrogens (primary N) is 2. The summed E-state index contributed by atoms with van der Waals surface area (Å²) in [4.78, 5) is 15.1. The summed E-state index contributed by atoms with van der Waals surface area (Å²) in [6, 6.07) is 3.43. The number of oxime groups is 1. The monoisotopic (exact) mass is 251 g/mol. The normalized spacial score (nSPS) is 12.4. The highest BCUT2D eigenvalue weighted by atomic mass is 16.4. The maximum atomic E-state index is 11.1. The van der Waals surface area contributed by atoms with Gasteiger partial charge in [0.2, 0.25) is 5.91 Å². The minimum atomic E-state index is -0.806. The van der Waals surface area contributed by atoms with Crippen molar-refractivity contribution in [3.8, 4) is 0 Å². The molecule has 0 spiro atoms.